The first kappa shape index (κ1) is 10.9. The van der Waals surface area contributed by atoms with E-state index in [0.717, 1.165) is 26.1 Å². The van der Waals surface area contributed by atoms with Crippen LogP contribution in [0.1, 0.15) is 6.42 Å². The standard InChI is InChI=1S/C8H10Cl2N4O/c9-6-11-7(10)13-8(12-6)14-2-1-4-15-5-3-14/h1-5H2. The average molecular weight is 249 g/mol. The quantitative estimate of drug-likeness (QED) is 0.753. The summed E-state index contributed by atoms with van der Waals surface area (Å²) in [6.45, 7) is 3.03. The van der Waals surface area contributed by atoms with Gasteiger partial charge in [0.2, 0.25) is 16.5 Å². The molecule has 1 aliphatic rings. The smallest absolute Gasteiger partial charge is 0.231 e. The minimum Gasteiger partial charge on any atom is -0.380 e. The van der Waals surface area contributed by atoms with Crippen LogP contribution in [0.2, 0.25) is 10.6 Å². The number of anilines is 1. The van der Waals surface area contributed by atoms with Gasteiger partial charge in [0.25, 0.3) is 0 Å². The molecule has 0 bridgehead atoms. The van der Waals surface area contributed by atoms with Gasteiger partial charge in [-0.25, -0.2) is 0 Å². The van der Waals surface area contributed by atoms with E-state index in [1.165, 1.54) is 0 Å². The molecule has 5 nitrogen and oxygen atoms in total. The van der Waals surface area contributed by atoms with Gasteiger partial charge in [0.1, 0.15) is 0 Å². The lowest BCUT2D eigenvalue weighted by Gasteiger charge is -2.18. The van der Waals surface area contributed by atoms with Crippen molar-refractivity contribution in [3.63, 3.8) is 0 Å². The molecule has 0 atom stereocenters. The summed E-state index contributed by atoms with van der Waals surface area (Å²) in [6.07, 6.45) is 0.945. The van der Waals surface area contributed by atoms with E-state index in [9.17, 15) is 0 Å². The second kappa shape index (κ2) is 4.92. The number of hydrogen-bond donors (Lipinski definition) is 0. The highest BCUT2D eigenvalue weighted by Crippen LogP contribution is 2.15. The average Bonchev–Trinajstić information content (AvgIpc) is 2.43. The zero-order valence-corrected chi connectivity index (χ0v) is 9.50. The molecule has 0 saturated carbocycles. The molecule has 0 amide bonds. The minimum atomic E-state index is 0.121. The van der Waals surface area contributed by atoms with Crippen LogP contribution in [0.25, 0.3) is 0 Å². The van der Waals surface area contributed by atoms with Crippen molar-refractivity contribution in [3.8, 4) is 0 Å². The third-order valence-corrected chi connectivity index (χ3v) is 2.41. The van der Waals surface area contributed by atoms with Gasteiger partial charge >= 0.3 is 0 Å². The van der Waals surface area contributed by atoms with Crippen molar-refractivity contribution in [1.82, 2.24) is 15.0 Å². The number of ether oxygens (including phenoxy) is 1. The first-order valence-corrected chi connectivity index (χ1v) is 5.41. The summed E-state index contributed by atoms with van der Waals surface area (Å²) in [5.74, 6) is 0.519. The van der Waals surface area contributed by atoms with E-state index >= 15 is 0 Å². The zero-order valence-electron chi connectivity index (χ0n) is 7.99. The summed E-state index contributed by atoms with van der Waals surface area (Å²) in [5, 5.41) is 0.241. The summed E-state index contributed by atoms with van der Waals surface area (Å²) in [5.41, 5.74) is 0. The third kappa shape index (κ3) is 2.90. The van der Waals surface area contributed by atoms with E-state index in [4.69, 9.17) is 27.9 Å². The van der Waals surface area contributed by atoms with Gasteiger partial charge in [0, 0.05) is 19.7 Å². The maximum atomic E-state index is 5.71. The molecule has 15 heavy (non-hydrogen) atoms. The van der Waals surface area contributed by atoms with Crippen molar-refractivity contribution in [2.24, 2.45) is 0 Å². The molecular weight excluding hydrogens is 239 g/mol. The first-order valence-electron chi connectivity index (χ1n) is 4.65. The fourth-order valence-corrected chi connectivity index (χ4v) is 1.76. The Morgan fingerprint density at radius 1 is 1.00 bits per heavy atom. The summed E-state index contributed by atoms with van der Waals surface area (Å²) >= 11 is 11.4. The second-order valence-electron chi connectivity index (χ2n) is 3.13. The summed E-state index contributed by atoms with van der Waals surface area (Å²) in [4.78, 5) is 13.8. The molecule has 1 aromatic rings. The molecule has 1 aliphatic heterocycles. The Balaban J connectivity index is 2.19. The molecular formula is C8H10Cl2N4O. The fourth-order valence-electron chi connectivity index (χ4n) is 1.40. The van der Waals surface area contributed by atoms with Crippen molar-refractivity contribution in [2.45, 2.75) is 6.42 Å². The zero-order chi connectivity index (χ0) is 10.7. The van der Waals surface area contributed by atoms with Gasteiger partial charge in [0.05, 0.1) is 6.61 Å². The second-order valence-corrected chi connectivity index (χ2v) is 3.80. The van der Waals surface area contributed by atoms with Crippen LogP contribution in [0.4, 0.5) is 5.95 Å². The molecule has 82 valence electrons. The van der Waals surface area contributed by atoms with Crippen LogP contribution in [-0.2, 0) is 4.74 Å². The number of nitrogens with zero attached hydrogens (tertiary/aromatic N) is 4. The van der Waals surface area contributed by atoms with Gasteiger partial charge in [-0.2, -0.15) is 15.0 Å². The number of aromatic nitrogens is 3. The lowest BCUT2D eigenvalue weighted by atomic mass is 10.4. The summed E-state index contributed by atoms with van der Waals surface area (Å²) < 4.78 is 5.33. The predicted octanol–water partition coefficient (Wildman–Crippen LogP) is 1.41. The molecule has 0 aliphatic carbocycles. The van der Waals surface area contributed by atoms with Gasteiger partial charge in [0.15, 0.2) is 0 Å². The molecule has 0 unspecified atom stereocenters. The van der Waals surface area contributed by atoms with Crippen LogP contribution in [0.15, 0.2) is 0 Å². The molecule has 0 aromatic carbocycles. The Labute approximate surface area is 97.4 Å². The van der Waals surface area contributed by atoms with Crippen LogP contribution in [0, 0.1) is 0 Å². The van der Waals surface area contributed by atoms with Crippen molar-refractivity contribution in [2.75, 3.05) is 31.2 Å². The van der Waals surface area contributed by atoms with E-state index in [-0.39, 0.29) is 10.6 Å². The van der Waals surface area contributed by atoms with E-state index in [1.54, 1.807) is 0 Å². The lowest BCUT2D eigenvalue weighted by molar-refractivity contribution is 0.152. The van der Waals surface area contributed by atoms with E-state index in [2.05, 4.69) is 15.0 Å². The van der Waals surface area contributed by atoms with Crippen LogP contribution >= 0.6 is 23.2 Å². The van der Waals surface area contributed by atoms with Crippen molar-refractivity contribution >= 4 is 29.2 Å². The maximum absolute atomic E-state index is 5.71. The van der Waals surface area contributed by atoms with Crippen LogP contribution in [-0.4, -0.2) is 41.3 Å². The molecule has 0 spiro atoms. The van der Waals surface area contributed by atoms with E-state index in [1.807, 2.05) is 4.90 Å². The number of halogens is 2. The first-order chi connectivity index (χ1) is 7.25. The van der Waals surface area contributed by atoms with Gasteiger partial charge in [-0.05, 0) is 29.6 Å². The predicted molar refractivity (Wildman–Crippen MR) is 57.5 cm³/mol. The molecule has 2 heterocycles. The molecule has 1 aromatic heterocycles. The SMILES string of the molecule is Clc1nc(Cl)nc(N2CCCOCC2)n1. The molecule has 7 heteroatoms. The van der Waals surface area contributed by atoms with Gasteiger partial charge in [-0.15, -0.1) is 0 Å². The lowest BCUT2D eigenvalue weighted by Crippen LogP contribution is -2.28. The third-order valence-electron chi connectivity index (χ3n) is 2.07. The molecule has 1 fully saturated rings. The number of rotatable bonds is 1. The van der Waals surface area contributed by atoms with Gasteiger partial charge in [-0.1, -0.05) is 0 Å². The fraction of sp³-hybridized carbons (Fsp3) is 0.625. The number of hydrogen-bond acceptors (Lipinski definition) is 5. The Morgan fingerprint density at radius 2 is 1.73 bits per heavy atom. The van der Waals surface area contributed by atoms with E-state index < -0.39 is 0 Å². The van der Waals surface area contributed by atoms with Crippen molar-refractivity contribution < 1.29 is 4.74 Å². The van der Waals surface area contributed by atoms with Crippen molar-refractivity contribution in [3.05, 3.63) is 10.6 Å². The molecule has 0 N–H and O–H groups in total. The van der Waals surface area contributed by atoms with Gasteiger partial charge in [-0.3, -0.25) is 0 Å². The van der Waals surface area contributed by atoms with Crippen LogP contribution in [0.5, 0.6) is 0 Å². The Kier molecular flexibility index (Phi) is 3.56. The Bertz CT molecular complexity index is 321. The van der Waals surface area contributed by atoms with Crippen LogP contribution in [0.3, 0.4) is 0 Å². The largest absolute Gasteiger partial charge is 0.380 e. The molecule has 2 rings (SSSR count). The summed E-state index contributed by atoms with van der Waals surface area (Å²) in [6, 6.07) is 0. The highest BCUT2D eigenvalue weighted by molar-refractivity contribution is 6.31. The normalized spacial score (nSPS) is 17.6. The molecule has 1 saturated heterocycles. The maximum Gasteiger partial charge on any atom is 0.231 e. The van der Waals surface area contributed by atoms with Crippen LogP contribution < -0.4 is 4.90 Å². The van der Waals surface area contributed by atoms with Crippen molar-refractivity contribution in [1.29, 1.82) is 0 Å². The molecule has 0 radical (unpaired) electrons. The van der Waals surface area contributed by atoms with Gasteiger partial charge < -0.3 is 9.64 Å². The Hall–Kier alpha value is -0.650. The topological polar surface area (TPSA) is 51.1 Å². The highest BCUT2D eigenvalue weighted by Gasteiger charge is 2.14. The van der Waals surface area contributed by atoms with E-state index in [0.29, 0.717) is 12.6 Å². The minimum absolute atomic E-state index is 0.121. The summed E-state index contributed by atoms with van der Waals surface area (Å²) in [7, 11) is 0. The Morgan fingerprint density at radius 3 is 2.47 bits per heavy atom. The highest BCUT2D eigenvalue weighted by atomic mass is 35.5. The monoisotopic (exact) mass is 248 g/mol.